The Balaban J connectivity index is 1.60. The molecule has 3 nitrogen and oxygen atoms in total. The molecule has 2 N–H and O–H groups in total. The van der Waals surface area contributed by atoms with Crippen molar-refractivity contribution in [1.29, 1.82) is 0 Å². The average molecular weight is 260 g/mol. The van der Waals surface area contributed by atoms with Crippen LogP contribution in [-0.2, 0) is 11.3 Å². The molecule has 2 fully saturated rings. The summed E-state index contributed by atoms with van der Waals surface area (Å²) in [5, 5.41) is 0. The minimum atomic E-state index is 0.234. The lowest BCUT2D eigenvalue weighted by Gasteiger charge is -2.49. The molecule has 3 rings (SSSR count). The Bertz CT molecular complexity index is 425. The first-order valence-electron chi connectivity index (χ1n) is 7.36. The lowest BCUT2D eigenvalue weighted by atomic mass is 9.73. The maximum Gasteiger partial charge on any atom is 0.0697 e. The molecule has 3 heteroatoms. The van der Waals surface area contributed by atoms with Gasteiger partial charge in [-0.15, -0.1) is 0 Å². The molecular formula is C16H24N2O. The number of nitrogen functional groups attached to an aromatic ring is 1. The molecule has 0 radical (unpaired) electrons. The second-order valence-corrected chi connectivity index (χ2v) is 6.19. The standard InChI is InChI=1S/C16H24N2O/c1-18(12-13-3-5-14(17)6-4-13)15-7-10-19-16(11-15)8-2-9-16/h3-6,15H,2,7-12,17H2,1H3. The van der Waals surface area contributed by atoms with E-state index in [0.29, 0.717) is 6.04 Å². The summed E-state index contributed by atoms with van der Waals surface area (Å²) in [7, 11) is 2.23. The van der Waals surface area contributed by atoms with Crippen LogP contribution in [0.25, 0.3) is 0 Å². The van der Waals surface area contributed by atoms with Gasteiger partial charge in [0.2, 0.25) is 0 Å². The van der Waals surface area contributed by atoms with Gasteiger partial charge >= 0.3 is 0 Å². The summed E-state index contributed by atoms with van der Waals surface area (Å²) in [6.45, 7) is 1.93. The van der Waals surface area contributed by atoms with Gasteiger partial charge in [0.1, 0.15) is 0 Å². The summed E-state index contributed by atoms with van der Waals surface area (Å²) in [6.07, 6.45) is 6.23. The van der Waals surface area contributed by atoms with E-state index in [1.165, 1.54) is 31.2 Å². The highest BCUT2D eigenvalue weighted by Crippen LogP contribution is 2.43. The zero-order valence-electron chi connectivity index (χ0n) is 11.8. The zero-order valence-corrected chi connectivity index (χ0v) is 11.8. The molecular weight excluding hydrogens is 236 g/mol. The molecule has 19 heavy (non-hydrogen) atoms. The van der Waals surface area contributed by atoms with E-state index < -0.39 is 0 Å². The van der Waals surface area contributed by atoms with E-state index in [-0.39, 0.29) is 5.60 Å². The van der Waals surface area contributed by atoms with Gasteiger partial charge in [-0.1, -0.05) is 12.1 Å². The van der Waals surface area contributed by atoms with Gasteiger partial charge < -0.3 is 10.5 Å². The molecule has 1 heterocycles. The average Bonchev–Trinajstić information content (AvgIpc) is 2.40. The Hall–Kier alpha value is -1.06. The molecule has 1 saturated heterocycles. The fraction of sp³-hybridized carbons (Fsp3) is 0.625. The number of nitrogens with zero attached hydrogens (tertiary/aromatic N) is 1. The number of rotatable bonds is 3. The topological polar surface area (TPSA) is 38.5 Å². The van der Waals surface area contributed by atoms with Crippen LogP contribution in [0.15, 0.2) is 24.3 Å². The Kier molecular flexibility index (Phi) is 3.50. The van der Waals surface area contributed by atoms with E-state index in [1.54, 1.807) is 0 Å². The number of nitrogens with two attached hydrogens (primary N) is 1. The largest absolute Gasteiger partial charge is 0.399 e. The highest BCUT2D eigenvalue weighted by Gasteiger charge is 2.43. The lowest BCUT2D eigenvalue weighted by Crippen LogP contribution is -2.51. The summed E-state index contributed by atoms with van der Waals surface area (Å²) in [5.74, 6) is 0. The van der Waals surface area contributed by atoms with E-state index in [4.69, 9.17) is 10.5 Å². The molecule has 0 bridgehead atoms. The third-order valence-electron chi connectivity index (χ3n) is 4.77. The monoisotopic (exact) mass is 260 g/mol. The van der Waals surface area contributed by atoms with Crippen molar-refractivity contribution in [2.75, 3.05) is 19.4 Å². The summed E-state index contributed by atoms with van der Waals surface area (Å²) < 4.78 is 6.00. The molecule has 1 unspecified atom stereocenters. The van der Waals surface area contributed by atoms with Crippen LogP contribution in [0.2, 0.25) is 0 Å². The first-order valence-corrected chi connectivity index (χ1v) is 7.36. The maximum absolute atomic E-state index is 6.00. The van der Waals surface area contributed by atoms with Gasteiger partial charge in [0, 0.05) is 24.9 Å². The van der Waals surface area contributed by atoms with Gasteiger partial charge in [-0.05, 0) is 56.8 Å². The normalized spacial score (nSPS) is 25.5. The predicted molar refractivity (Wildman–Crippen MR) is 77.9 cm³/mol. The van der Waals surface area contributed by atoms with Gasteiger partial charge in [0.15, 0.2) is 0 Å². The Morgan fingerprint density at radius 3 is 2.68 bits per heavy atom. The van der Waals surface area contributed by atoms with Crippen molar-refractivity contribution in [1.82, 2.24) is 4.90 Å². The number of benzene rings is 1. The molecule has 0 amide bonds. The summed E-state index contributed by atoms with van der Waals surface area (Å²) in [4.78, 5) is 2.48. The molecule has 1 spiro atoms. The number of hydrogen-bond acceptors (Lipinski definition) is 3. The van der Waals surface area contributed by atoms with Crippen LogP contribution < -0.4 is 5.73 Å². The molecule has 1 aliphatic carbocycles. The molecule has 2 aliphatic rings. The van der Waals surface area contributed by atoms with Gasteiger partial charge in [-0.3, -0.25) is 4.90 Å². The third-order valence-corrected chi connectivity index (χ3v) is 4.77. The minimum Gasteiger partial charge on any atom is -0.399 e. The second kappa shape index (κ2) is 5.14. The van der Waals surface area contributed by atoms with Crippen LogP contribution in [0.3, 0.4) is 0 Å². The summed E-state index contributed by atoms with van der Waals surface area (Å²) in [5.41, 5.74) is 8.14. The number of hydrogen-bond donors (Lipinski definition) is 1. The molecule has 104 valence electrons. The van der Waals surface area contributed by atoms with Gasteiger partial charge in [-0.25, -0.2) is 0 Å². The Labute approximate surface area is 115 Å². The minimum absolute atomic E-state index is 0.234. The first kappa shape index (κ1) is 12.9. The molecule has 1 atom stereocenters. The first-order chi connectivity index (χ1) is 9.17. The molecule has 1 aromatic carbocycles. The Morgan fingerprint density at radius 2 is 2.05 bits per heavy atom. The van der Waals surface area contributed by atoms with E-state index in [2.05, 4.69) is 24.1 Å². The van der Waals surface area contributed by atoms with Crippen molar-refractivity contribution in [2.24, 2.45) is 0 Å². The second-order valence-electron chi connectivity index (χ2n) is 6.19. The Morgan fingerprint density at radius 1 is 1.32 bits per heavy atom. The van der Waals surface area contributed by atoms with Crippen molar-refractivity contribution in [3.8, 4) is 0 Å². The van der Waals surface area contributed by atoms with Gasteiger partial charge in [0.05, 0.1) is 5.60 Å². The fourth-order valence-corrected chi connectivity index (χ4v) is 3.34. The van der Waals surface area contributed by atoms with E-state index in [9.17, 15) is 0 Å². The highest BCUT2D eigenvalue weighted by molar-refractivity contribution is 5.39. The highest BCUT2D eigenvalue weighted by atomic mass is 16.5. The summed E-state index contributed by atoms with van der Waals surface area (Å²) >= 11 is 0. The fourth-order valence-electron chi connectivity index (χ4n) is 3.34. The van der Waals surface area contributed by atoms with E-state index in [0.717, 1.165) is 25.3 Å². The lowest BCUT2D eigenvalue weighted by molar-refractivity contribution is -0.147. The molecule has 0 aromatic heterocycles. The predicted octanol–water partition coefficient (Wildman–Crippen LogP) is 2.80. The molecule has 1 aromatic rings. The van der Waals surface area contributed by atoms with Crippen LogP contribution in [0.1, 0.15) is 37.7 Å². The van der Waals surface area contributed by atoms with Crippen molar-refractivity contribution in [3.05, 3.63) is 29.8 Å². The van der Waals surface area contributed by atoms with E-state index >= 15 is 0 Å². The van der Waals surface area contributed by atoms with Crippen molar-refractivity contribution in [2.45, 2.75) is 50.3 Å². The third kappa shape index (κ3) is 2.77. The molecule has 1 aliphatic heterocycles. The van der Waals surface area contributed by atoms with Crippen molar-refractivity contribution < 1.29 is 4.74 Å². The zero-order chi connectivity index (χ0) is 13.3. The van der Waals surface area contributed by atoms with Gasteiger partial charge in [-0.2, -0.15) is 0 Å². The van der Waals surface area contributed by atoms with Crippen LogP contribution in [0.4, 0.5) is 5.69 Å². The number of ether oxygens (including phenoxy) is 1. The van der Waals surface area contributed by atoms with Crippen LogP contribution in [0.5, 0.6) is 0 Å². The molecule has 1 saturated carbocycles. The maximum atomic E-state index is 6.00. The SMILES string of the molecule is CN(Cc1ccc(N)cc1)C1CCOC2(CCC2)C1. The van der Waals surface area contributed by atoms with Gasteiger partial charge in [0.25, 0.3) is 0 Å². The van der Waals surface area contributed by atoms with Crippen LogP contribution in [-0.4, -0.2) is 30.2 Å². The quantitative estimate of drug-likeness (QED) is 0.849. The van der Waals surface area contributed by atoms with E-state index in [1.807, 2.05) is 12.1 Å². The summed E-state index contributed by atoms with van der Waals surface area (Å²) in [6, 6.07) is 8.89. The smallest absolute Gasteiger partial charge is 0.0697 e. The van der Waals surface area contributed by atoms with Crippen LogP contribution >= 0.6 is 0 Å². The van der Waals surface area contributed by atoms with Crippen molar-refractivity contribution in [3.63, 3.8) is 0 Å². The van der Waals surface area contributed by atoms with Crippen molar-refractivity contribution >= 4 is 5.69 Å². The number of anilines is 1. The van der Waals surface area contributed by atoms with Crippen LogP contribution in [0, 0.1) is 0 Å².